The van der Waals surface area contributed by atoms with Gasteiger partial charge in [-0.1, -0.05) is 27.7 Å². The molecule has 0 amide bonds. The van der Waals surface area contributed by atoms with Crippen LogP contribution in [0.25, 0.3) is 0 Å². The molecule has 42 heavy (non-hydrogen) atoms. The molecule has 0 aromatic heterocycles. The van der Waals surface area contributed by atoms with Crippen molar-refractivity contribution in [2.24, 2.45) is 23.7 Å². The normalized spacial score (nSPS) is 44.7. The summed E-state index contributed by atoms with van der Waals surface area (Å²) in [6, 6.07) is -0.272. The first-order valence-corrected chi connectivity index (χ1v) is 15.2. The number of cyclic esters (lactones) is 1. The fraction of sp³-hybridized carbons (Fsp3) is 0.839. The number of aliphatic carboxylic acids is 1. The molecule has 0 saturated carbocycles. The highest BCUT2D eigenvalue weighted by molar-refractivity contribution is 5.91. The highest BCUT2D eigenvalue weighted by Crippen LogP contribution is 2.45. The standard InChI is InChI=1S/C31H51NO10/c1-9-24-19(5)29-31(6,42-29)11-10-22(33)16(2)12-20(14-25(35)36)28(18(4)23(34)15-26(37)40-24)41-30-27(38)21(32(7)8)13-17(3)39-30/h10-11,16-21,23-24,27-30,34,38H,9,12-15H2,1-8H3,(H,35,36)/b11-10+/t16-,17-,18+,19-,20-,21+,23-,24-,27-,28?,29+,30+,31+/m1/s1. The number of carboxylic acids is 1. The number of ketones is 1. The predicted molar refractivity (Wildman–Crippen MR) is 153 cm³/mol. The minimum absolute atomic E-state index is 0.142. The Kier molecular flexibility index (Phi) is 11.7. The first-order valence-electron chi connectivity index (χ1n) is 15.2. The van der Waals surface area contributed by atoms with Crippen LogP contribution >= 0.6 is 0 Å². The zero-order valence-corrected chi connectivity index (χ0v) is 26.3. The lowest BCUT2D eigenvalue weighted by Crippen LogP contribution is -2.56. The van der Waals surface area contributed by atoms with Crippen molar-refractivity contribution in [2.45, 2.75) is 128 Å². The fourth-order valence-electron chi connectivity index (χ4n) is 6.57. The van der Waals surface area contributed by atoms with Gasteiger partial charge in [0.25, 0.3) is 0 Å². The Balaban J connectivity index is 1.98. The van der Waals surface area contributed by atoms with E-state index in [2.05, 4.69) is 0 Å². The van der Waals surface area contributed by atoms with E-state index in [1.165, 1.54) is 6.08 Å². The number of ether oxygens (including phenoxy) is 4. The van der Waals surface area contributed by atoms with Crippen molar-refractivity contribution in [3.63, 3.8) is 0 Å². The van der Waals surface area contributed by atoms with Crippen molar-refractivity contribution in [1.29, 1.82) is 0 Å². The SMILES string of the molecule is CC[C@H]1OC(=O)C[C@@H](O)[C@H](C)C(O[C@@H]2O[C@H](C)C[C@H](N(C)C)[C@H]2O)[C@@H](CC(=O)O)C[C@@H](C)C(=O)/C=C/[C@]2(C)O[C@H]2[C@@H]1C. The van der Waals surface area contributed by atoms with Crippen LogP contribution in [0.3, 0.4) is 0 Å². The van der Waals surface area contributed by atoms with Gasteiger partial charge in [-0.2, -0.15) is 0 Å². The second-order valence-electron chi connectivity index (χ2n) is 13.1. The van der Waals surface area contributed by atoms with E-state index in [9.17, 15) is 29.7 Å². The molecular formula is C31H51NO10. The van der Waals surface area contributed by atoms with E-state index < -0.39 is 66.0 Å². The molecule has 0 spiro atoms. The number of hydrogen-bond acceptors (Lipinski definition) is 10. The number of aliphatic hydroxyl groups is 2. The van der Waals surface area contributed by atoms with Crippen molar-refractivity contribution >= 4 is 17.7 Å². The third kappa shape index (κ3) is 8.39. The molecule has 0 bridgehead atoms. The molecule has 0 aliphatic carbocycles. The van der Waals surface area contributed by atoms with Gasteiger partial charge in [0.05, 0.1) is 37.3 Å². The molecule has 0 radical (unpaired) electrons. The number of aliphatic hydroxyl groups excluding tert-OH is 2. The molecule has 3 N–H and O–H groups in total. The van der Waals surface area contributed by atoms with Crippen LogP contribution in [-0.2, 0) is 33.3 Å². The van der Waals surface area contributed by atoms with E-state index in [-0.39, 0.29) is 49.2 Å². The maximum atomic E-state index is 13.2. The quantitative estimate of drug-likeness (QED) is 0.306. The van der Waals surface area contributed by atoms with Crippen molar-refractivity contribution < 1.29 is 48.7 Å². The maximum absolute atomic E-state index is 13.2. The van der Waals surface area contributed by atoms with E-state index in [4.69, 9.17) is 18.9 Å². The molecule has 1 unspecified atom stereocenters. The van der Waals surface area contributed by atoms with Gasteiger partial charge >= 0.3 is 11.9 Å². The highest BCUT2D eigenvalue weighted by atomic mass is 16.7. The number of carbonyl (C=O) groups is 3. The third-order valence-corrected chi connectivity index (χ3v) is 9.33. The first kappa shape index (κ1) is 34.6. The zero-order valence-electron chi connectivity index (χ0n) is 26.3. The molecule has 11 nitrogen and oxygen atoms in total. The number of rotatable bonds is 6. The monoisotopic (exact) mass is 597 g/mol. The largest absolute Gasteiger partial charge is 0.481 e. The lowest BCUT2D eigenvalue weighted by Gasteiger charge is -2.44. The van der Waals surface area contributed by atoms with Crippen molar-refractivity contribution in [2.75, 3.05) is 14.1 Å². The average molecular weight is 598 g/mol. The van der Waals surface area contributed by atoms with E-state index in [1.807, 2.05) is 46.7 Å². The highest BCUT2D eigenvalue weighted by Gasteiger charge is 2.55. The molecule has 0 aromatic rings. The van der Waals surface area contributed by atoms with Gasteiger partial charge in [-0.05, 0) is 65.3 Å². The summed E-state index contributed by atoms with van der Waals surface area (Å²) in [7, 11) is 3.70. The number of carbonyl (C=O) groups excluding carboxylic acids is 2. The molecule has 2 fully saturated rings. The summed E-state index contributed by atoms with van der Waals surface area (Å²) >= 11 is 0. The van der Waals surface area contributed by atoms with Crippen LogP contribution in [0.2, 0.25) is 0 Å². The van der Waals surface area contributed by atoms with Crippen LogP contribution in [0, 0.1) is 23.7 Å². The molecule has 11 heteroatoms. The molecule has 3 aliphatic heterocycles. The van der Waals surface area contributed by atoms with Crippen LogP contribution < -0.4 is 0 Å². The van der Waals surface area contributed by atoms with Crippen LogP contribution in [0.4, 0.5) is 0 Å². The van der Waals surface area contributed by atoms with Crippen molar-refractivity contribution in [1.82, 2.24) is 4.90 Å². The summed E-state index contributed by atoms with van der Waals surface area (Å²) in [4.78, 5) is 40.2. The van der Waals surface area contributed by atoms with Gasteiger partial charge in [-0.25, -0.2) is 0 Å². The molecule has 240 valence electrons. The van der Waals surface area contributed by atoms with Crippen LogP contribution in [0.1, 0.15) is 73.6 Å². The number of carboxylic acid groups (broad SMARTS) is 1. The topological polar surface area (TPSA) is 155 Å². The molecular weight excluding hydrogens is 546 g/mol. The third-order valence-electron chi connectivity index (χ3n) is 9.33. The average Bonchev–Trinajstić information content (AvgIpc) is 3.59. The Bertz CT molecular complexity index is 987. The van der Waals surface area contributed by atoms with Gasteiger partial charge in [0.1, 0.15) is 17.8 Å². The Hall–Kier alpha value is -1.89. The Morgan fingerprint density at radius 2 is 1.79 bits per heavy atom. The molecule has 13 atom stereocenters. The number of nitrogens with zero attached hydrogens (tertiary/aromatic N) is 1. The van der Waals surface area contributed by atoms with E-state index >= 15 is 0 Å². The minimum atomic E-state index is -1.24. The van der Waals surface area contributed by atoms with E-state index in [0.717, 1.165) is 0 Å². The number of hydrogen-bond donors (Lipinski definition) is 3. The number of epoxide rings is 1. The summed E-state index contributed by atoms with van der Waals surface area (Å²) in [5.41, 5.74) is -0.681. The summed E-state index contributed by atoms with van der Waals surface area (Å²) in [5, 5.41) is 32.3. The Morgan fingerprint density at radius 3 is 2.38 bits per heavy atom. The van der Waals surface area contributed by atoms with Gasteiger partial charge in [-0.3, -0.25) is 14.4 Å². The first-order chi connectivity index (χ1) is 19.6. The zero-order chi connectivity index (χ0) is 31.5. The lowest BCUT2D eigenvalue weighted by atomic mass is 9.79. The van der Waals surface area contributed by atoms with Gasteiger partial charge in [0, 0.05) is 23.8 Å². The second kappa shape index (κ2) is 14.3. The number of likely N-dealkylation sites (N-methyl/N-ethyl adjacent to an activating group) is 1. The van der Waals surface area contributed by atoms with Crippen LogP contribution in [0.15, 0.2) is 12.2 Å². The summed E-state index contributed by atoms with van der Waals surface area (Å²) in [5.74, 6) is -4.05. The minimum Gasteiger partial charge on any atom is -0.481 e. The fourth-order valence-corrected chi connectivity index (χ4v) is 6.57. The number of esters is 1. The van der Waals surface area contributed by atoms with Crippen LogP contribution in [0.5, 0.6) is 0 Å². The number of fused-ring (bicyclic) bond motifs is 1. The summed E-state index contributed by atoms with van der Waals surface area (Å²) < 4.78 is 24.1. The van der Waals surface area contributed by atoms with Crippen molar-refractivity contribution in [3.8, 4) is 0 Å². The molecule has 0 aromatic carbocycles. The van der Waals surface area contributed by atoms with Gasteiger partial charge in [-0.15, -0.1) is 0 Å². The second-order valence-corrected chi connectivity index (χ2v) is 13.1. The Labute approximate surface area is 249 Å². The molecule has 2 saturated heterocycles. The Morgan fingerprint density at radius 1 is 1.12 bits per heavy atom. The van der Waals surface area contributed by atoms with Crippen LogP contribution in [-0.4, -0.2) is 107 Å². The summed E-state index contributed by atoms with van der Waals surface area (Å²) in [6.07, 6.45) is -1.49. The number of allylic oxidation sites excluding steroid dienone is 1. The molecule has 3 rings (SSSR count). The van der Waals surface area contributed by atoms with Gasteiger partial charge in [0.2, 0.25) is 0 Å². The van der Waals surface area contributed by atoms with E-state index in [0.29, 0.717) is 12.8 Å². The van der Waals surface area contributed by atoms with Gasteiger partial charge in [0.15, 0.2) is 12.1 Å². The lowest BCUT2D eigenvalue weighted by molar-refractivity contribution is -0.283. The maximum Gasteiger partial charge on any atom is 0.308 e. The smallest absolute Gasteiger partial charge is 0.308 e. The molecule has 3 aliphatic rings. The summed E-state index contributed by atoms with van der Waals surface area (Å²) in [6.45, 7) is 11.0. The molecule has 3 heterocycles. The van der Waals surface area contributed by atoms with Gasteiger partial charge < -0.3 is 39.2 Å². The van der Waals surface area contributed by atoms with E-state index in [1.54, 1.807) is 19.9 Å². The van der Waals surface area contributed by atoms with Crippen molar-refractivity contribution in [3.05, 3.63) is 12.2 Å². The predicted octanol–water partition coefficient (Wildman–Crippen LogP) is 2.56.